The summed E-state index contributed by atoms with van der Waals surface area (Å²) in [6.07, 6.45) is 1.48. The molecule has 0 aliphatic heterocycles. The second kappa shape index (κ2) is 10.1. The van der Waals surface area contributed by atoms with Gasteiger partial charge >= 0.3 is 0 Å². The number of nitrogens with one attached hydrogen (secondary N) is 1. The van der Waals surface area contributed by atoms with Gasteiger partial charge in [-0.25, -0.2) is 9.97 Å². The Balaban J connectivity index is 2.47. The molecule has 2 rings (SSSR count). The number of aromatic nitrogens is 2. The summed E-state index contributed by atoms with van der Waals surface area (Å²) in [7, 11) is 3.33. The van der Waals surface area contributed by atoms with Crippen LogP contribution in [-0.2, 0) is 22.3 Å². The van der Waals surface area contributed by atoms with E-state index in [1.807, 2.05) is 12.1 Å². The zero-order chi connectivity index (χ0) is 19.1. The Morgan fingerprint density at radius 1 is 1.00 bits per heavy atom. The van der Waals surface area contributed by atoms with E-state index < -0.39 is 0 Å². The molecule has 0 radical (unpaired) electrons. The van der Waals surface area contributed by atoms with E-state index in [1.165, 1.54) is 0 Å². The Kier molecular flexibility index (Phi) is 8.10. The summed E-state index contributed by atoms with van der Waals surface area (Å²) < 4.78 is 10.5. The van der Waals surface area contributed by atoms with Crippen LogP contribution < -0.4 is 5.32 Å². The number of benzene rings is 1. The summed E-state index contributed by atoms with van der Waals surface area (Å²) in [5.41, 5.74) is 3.39. The van der Waals surface area contributed by atoms with Gasteiger partial charge in [-0.3, -0.25) is 0 Å². The van der Waals surface area contributed by atoms with E-state index in [-0.39, 0.29) is 6.04 Å². The van der Waals surface area contributed by atoms with E-state index >= 15 is 0 Å². The maximum absolute atomic E-state index is 6.39. The van der Waals surface area contributed by atoms with Gasteiger partial charge in [-0.2, -0.15) is 0 Å². The van der Waals surface area contributed by atoms with Crippen LogP contribution in [0, 0.1) is 0 Å². The Morgan fingerprint density at radius 3 is 2.19 bits per heavy atom. The second-order valence-corrected chi connectivity index (χ2v) is 6.74. The van der Waals surface area contributed by atoms with Crippen molar-refractivity contribution in [2.75, 3.05) is 32.8 Å². The summed E-state index contributed by atoms with van der Waals surface area (Å²) in [5, 5.41) is 4.57. The number of aryl methyl sites for hydroxylation is 2. The molecule has 0 saturated carbocycles. The molecule has 2 aromatic rings. The first-order chi connectivity index (χ1) is 12.5. The van der Waals surface area contributed by atoms with Crippen molar-refractivity contribution in [3.05, 3.63) is 39.6 Å². The molecule has 1 aromatic heterocycles. The smallest absolute Gasteiger partial charge is 0.148 e. The van der Waals surface area contributed by atoms with Crippen LogP contribution in [0.25, 0.3) is 11.3 Å². The Labute approximate surface area is 165 Å². The molecular formula is C19H25Cl2N3O2. The van der Waals surface area contributed by atoms with Crippen LogP contribution in [0.2, 0.25) is 10.0 Å². The summed E-state index contributed by atoms with van der Waals surface area (Å²) in [6, 6.07) is 5.43. The zero-order valence-corrected chi connectivity index (χ0v) is 17.1. The third-order valence-corrected chi connectivity index (χ3v) is 4.52. The van der Waals surface area contributed by atoms with E-state index in [0.717, 1.165) is 41.3 Å². The van der Waals surface area contributed by atoms with Gasteiger partial charge in [0.25, 0.3) is 0 Å². The van der Waals surface area contributed by atoms with E-state index in [0.29, 0.717) is 23.3 Å². The fourth-order valence-corrected chi connectivity index (χ4v) is 3.24. The monoisotopic (exact) mass is 397 g/mol. The molecule has 0 fully saturated rings. The average molecular weight is 398 g/mol. The summed E-state index contributed by atoms with van der Waals surface area (Å²) in [6.45, 7) is 5.14. The van der Waals surface area contributed by atoms with Gasteiger partial charge in [-0.15, -0.1) is 0 Å². The number of hydrogen-bond donors (Lipinski definition) is 1. The minimum atomic E-state index is -0.000670. The maximum Gasteiger partial charge on any atom is 0.148 e. The van der Waals surface area contributed by atoms with Crippen molar-refractivity contribution in [3.63, 3.8) is 0 Å². The second-order valence-electron chi connectivity index (χ2n) is 5.90. The summed E-state index contributed by atoms with van der Waals surface area (Å²) >= 11 is 12.4. The lowest BCUT2D eigenvalue weighted by atomic mass is 10.1. The predicted molar refractivity (Wildman–Crippen MR) is 107 cm³/mol. The fraction of sp³-hybridized carbons (Fsp3) is 0.474. The zero-order valence-electron chi connectivity index (χ0n) is 15.6. The number of ether oxygens (including phenoxy) is 2. The molecule has 0 spiro atoms. The minimum absolute atomic E-state index is 0.000670. The molecule has 0 amide bonds. The van der Waals surface area contributed by atoms with Gasteiger partial charge in [0.1, 0.15) is 5.82 Å². The van der Waals surface area contributed by atoms with Crippen LogP contribution in [0.15, 0.2) is 18.2 Å². The van der Waals surface area contributed by atoms with Gasteiger partial charge in [0.2, 0.25) is 0 Å². The van der Waals surface area contributed by atoms with Gasteiger partial charge in [0.05, 0.1) is 41.4 Å². The van der Waals surface area contributed by atoms with Crippen LogP contribution in [0.4, 0.5) is 5.82 Å². The van der Waals surface area contributed by atoms with Gasteiger partial charge in [-0.1, -0.05) is 37.0 Å². The molecule has 0 bridgehead atoms. The SMILES string of the molecule is CCc1nc(-c2ccc(Cl)cc2Cl)c(CC)nc1NC(COC)COC. The van der Waals surface area contributed by atoms with Crippen LogP contribution in [0.5, 0.6) is 0 Å². The van der Waals surface area contributed by atoms with Gasteiger partial charge in [-0.05, 0) is 31.0 Å². The Morgan fingerprint density at radius 2 is 1.65 bits per heavy atom. The Bertz CT molecular complexity index is 735. The summed E-state index contributed by atoms with van der Waals surface area (Å²) in [5.74, 6) is 0.761. The molecule has 1 heterocycles. The van der Waals surface area contributed by atoms with Crippen molar-refractivity contribution in [2.24, 2.45) is 0 Å². The number of halogens is 2. The van der Waals surface area contributed by atoms with E-state index in [1.54, 1.807) is 20.3 Å². The molecule has 1 aromatic carbocycles. The van der Waals surface area contributed by atoms with E-state index in [2.05, 4.69) is 19.2 Å². The lowest BCUT2D eigenvalue weighted by molar-refractivity contribution is 0.126. The first kappa shape index (κ1) is 20.9. The molecule has 0 unspecified atom stereocenters. The number of nitrogens with zero attached hydrogens (tertiary/aromatic N) is 2. The molecule has 26 heavy (non-hydrogen) atoms. The first-order valence-electron chi connectivity index (χ1n) is 8.63. The average Bonchev–Trinajstić information content (AvgIpc) is 2.62. The molecule has 142 valence electrons. The third kappa shape index (κ3) is 5.07. The number of methoxy groups -OCH3 is 2. The van der Waals surface area contributed by atoms with Crippen molar-refractivity contribution in [3.8, 4) is 11.3 Å². The van der Waals surface area contributed by atoms with Crippen molar-refractivity contribution >= 4 is 29.0 Å². The minimum Gasteiger partial charge on any atom is -0.382 e. The molecule has 0 aliphatic rings. The maximum atomic E-state index is 6.39. The quantitative estimate of drug-likeness (QED) is 0.667. The highest BCUT2D eigenvalue weighted by Crippen LogP contribution is 2.32. The molecule has 7 heteroatoms. The van der Waals surface area contributed by atoms with Crippen LogP contribution in [-0.4, -0.2) is 43.4 Å². The highest BCUT2D eigenvalue weighted by atomic mass is 35.5. The van der Waals surface area contributed by atoms with Crippen molar-refractivity contribution < 1.29 is 9.47 Å². The number of rotatable bonds is 9. The molecule has 0 atom stereocenters. The van der Waals surface area contributed by atoms with Crippen LogP contribution in [0.1, 0.15) is 25.2 Å². The molecule has 0 saturated heterocycles. The number of anilines is 1. The first-order valence-corrected chi connectivity index (χ1v) is 9.39. The van der Waals surface area contributed by atoms with Gasteiger partial charge in [0.15, 0.2) is 0 Å². The Hall–Kier alpha value is -1.40. The normalized spacial score (nSPS) is 11.2. The van der Waals surface area contributed by atoms with E-state index in [4.69, 9.17) is 42.6 Å². The van der Waals surface area contributed by atoms with Crippen LogP contribution in [0.3, 0.4) is 0 Å². The van der Waals surface area contributed by atoms with Gasteiger partial charge in [0, 0.05) is 24.8 Å². The molecule has 0 aliphatic carbocycles. The van der Waals surface area contributed by atoms with Gasteiger partial charge < -0.3 is 14.8 Å². The molecule has 1 N–H and O–H groups in total. The van der Waals surface area contributed by atoms with Crippen LogP contribution >= 0.6 is 23.2 Å². The topological polar surface area (TPSA) is 56.3 Å². The van der Waals surface area contributed by atoms with Crippen molar-refractivity contribution in [1.29, 1.82) is 0 Å². The number of hydrogen-bond acceptors (Lipinski definition) is 5. The standard InChI is InChI=1S/C19H25Cl2N3O2/c1-5-16-18(14-8-7-12(20)9-15(14)21)23-17(6-2)19(24-16)22-13(10-25-3)11-26-4/h7-9,13H,5-6,10-11H2,1-4H3,(H,22,24). The van der Waals surface area contributed by atoms with Crippen molar-refractivity contribution in [1.82, 2.24) is 9.97 Å². The molecule has 5 nitrogen and oxygen atoms in total. The predicted octanol–water partition coefficient (Wildman–Crippen LogP) is 4.65. The highest BCUT2D eigenvalue weighted by molar-refractivity contribution is 6.36. The van der Waals surface area contributed by atoms with E-state index in [9.17, 15) is 0 Å². The fourth-order valence-electron chi connectivity index (χ4n) is 2.74. The summed E-state index contributed by atoms with van der Waals surface area (Å²) in [4.78, 5) is 9.69. The largest absolute Gasteiger partial charge is 0.382 e. The lowest BCUT2D eigenvalue weighted by Gasteiger charge is -2.21. The third-order valence-electron chi connectivity index (χ3n) is 3.97. The van der Waals surface area contributed by atoms with Crippen molar-refractivity contribution in [2.45, 2.75) is 32.7 Å². The lowest BCUT2D eigenvalue weighted by Crippen LogP contribution is -2.31. The molecular weight excluding hydrogens is 373 g/mol. The highest BCUT2D eigenvalue weighted by Gasteiger charge is 2.18.